The topological polar surface area (TPSA) is 83.9 Å². The van der Waals surface area contributed by atoms with Crippen LogP contribution in [0.5, 0.6) is 5.75 Å². The van der Waals surface area contributed by atoms with Gasteiger partial charge in [0.2, 0.25) is 0 Å². The van der Waals surface area contributed by atoms with E-state index in [4.69, 9.17) is 16.3 Å². The number of ether oxygens (including phenoxy) is 1. The van der Waals surface area contributed by atoms with E-state index in [9.17, 15) is 18.3 Å². The van der Waals surface area contributed by atoms with Crippen LogP contribution in [0.3, 0.4) is 0 Å². The standard InChI is InChI=1S/C16H16ClNO5S/c1-11(16(19)20)18(14-5-3-4-6-15(14)23-2)24(21,22)13-9-7-12(17)8-10-13/h3-11H,1-2H3,(H,19,20). The minimum absolute atomic E-state index is 0.0640. The second-order valence-corrected chi connectivity index (χ2v) is 7.19. The van der Waals surface area contributed by atoms with E-state index in [1.165, 1.54) is 44.4 Å². The number of hydrogen-bond donors (Lipinski definition) is 1. The lowest BCUT2D eigenvalue weighted by Crippen LogP contribution is -2.43. The van der Waals surface area contributed by atoms with Crippen LogP contribution in [0.25, 0.3) is 0 Å². The number of aliphatic carboxylic acids is 1. The third-order valence-electron chi connectivity index (χ3n) is 3.40. The molecule has 2 rings (SSSR count). The summed E-state index contributed by atoms with van der Waals surface area (Å²) >= 11 is 5.80. The van der Waals surface area contributed by atoms with E-state index >= 15 is 0 Å². The van der Waals surface area contributed by atoms with Crippen molar-refractivity contribution in [1.82, 2.24) is 0 Å². The van der Waals surface area contributed by atoms with Gasteiger partial charge in [0.15, 0.2) is 0 Å². The number of anilines is 1. The fraction of sp³-hybridized carbons (Fsp3) is 0.188. The maximum absolute atomic E-state index is 13.0. The van der Waals surface area contributed by atoms with Crippen LogP contribution >= 0.6 is 11.6 Å². The Morgan fingerprint density at radius 2 is 1.75 bits per heavy atom. The summed E-state index contributed by atoms with van der Waals surface area (Å²) < 4.78 is 32.1. The molecule has 0 heterocycles. The van der Waals surface area contributed by atoms with Crippen LogP contribution in [0.2, 0.25) is 5.02 Å². The SMILES string of the molecule is COc1ccccc1N(C(C)C(=O)O)S(=O)(=O)c1ccc(Cl)cc1. The molecule has 1 atom stereocenters. The van der Waals surface area contributed by atoms with E-state index in [0.29, 0.717) is 5.02 Å². The number of para-hydroxylation sites is 2. The summed E-state index contributed by atoms with van der Waals surface area (Å²) in [6.45, 7) is 1.29. The lowest BCUT2D eigenvalue weighted by molar-refractivity contribution is -0.137. The minimum Gasteiger partial charge on any atom is -0.495 e. The van der Waals surface area contributed by atoms with Crippen LogP contribution < -0.4 is 9.04 Å². The second-order valence-electron chi connectivity index (χ2n) is 4.94. The summed E-state index contributed by atoms with van der Waals surface area (Å²) in [5.41, 5.74) is 0.143. The van der Waals surface area contributed by atoms with Crippen molar-refractivity contribution < 1.29 is 23.1 Å². The minimum atomic E-state index is -4.13. The number of sulfonamides is 1. The average Bonchev–Trinajstić information content (AvgIpc) is 2.55. The van der Waals surface area contributed by atoms with Crippen molar-refractivity contribution in [2.45, 2.75) is 17.9 Å². The molecule has 24 heavy (non-hydrogen) atoms. The molecule has 0 radical (unpaired) electrons. The maximum Gasteiger partial charge on any atom is 0.327 e. The van der Waals surface area contributed by atoms with Gasteiger partial charge in [0.25, 0.3) is 10.0 Å². The molecule has 1 unspecified atom stereocenters. The molecule has 2 aromatic rings. The van der Waals surface area contributed by atoms with E-state index < -0.39 is 22.0 Å². The van der Waals surface area contributed by atoms with Gasteiger partial charge in [-0.05, 0) is 43.3 Å². The highest BCUT2D eigenvalue weighted by atomic mass is 35.5. The van der Waals surface area contributed by atoms with Crippen molar-refractivity contribution in [3.8, 4) is 5.75 Å². The Balaban J connectivity index is 2.66. The number of benzene rings is 2. The van der Waals surface area contributed by atoms with Gasteiger partial charge >= 0.3 is 5.97 Å². The van der Waals surface area contributed by atoms with Crippen LogP contribution in [0.1, 0.15) is 6.92 Å². The number of nitrogens with zero attached hydrogens (tertiary/aromatic N) is 1. The van der Waals surface area contributed by atoms with Gasteiger partial charge in [-0.15, -0.1) is 0 Å². The molecule has 2 aromatic carbocycles. The van der Waals surface area contributed by atoms with Gasteiger partial charge in [0.05, 0.1) is 17.7 Å². The molecule has 0 saturated carbocycles. The Morgan fingerprint density at radius 3 is 2.29 bits per heavy atom. The molecule has 0 spiro atoms. The van der Waals surface area contributed by atoms with Crippen LogP contribution in [0.15, 0.2) is 53.4 Å². The van der Waals surface area contributed by atoms with Gasteiger partial charge in [-0.3, -0.25) is 0 Å². The third kappa shape index (κ3) is 3.47. The predicted octanol–water partition coefficient (Wildman–Crippen LogP) is 3.02. The largest absolute Gasteiger partial charge is 0.495 e. The summed E-state index contributed by atoms with van der Waals surface area (Å²) in [4.78, 5) is 11.4. The molecule has 0 aliphatic heterocycles. The molecule has 8 heteroatoms. The first-order valence-electron chi connectivity index (χ1n) is 6.95. The third-order valence-corrected chi connectivity index (χ3v) is 5.55. The number of carboxylic acid groups (broad SMARTS) is 1. The van der Waals surface area contributed by atoms with Gasteiger partial charge < -0.3 is 9.84 Å². The fourth-order valence-electron chi connectivity index (χ4n) is 2.18. The zero-order valence-corrected chi connectivity index (χ0v) is 14.6. The quantitative estimate of drug-likeness (QED) is 0.846. The highest BCUT2D eigenvalue weighted by Gasteiger charge is 2.35. The molecule has 0 aromatic heterocycles. The Kier molecular flexibility index (Phi) is 5.36. The van der Waals surface area contributed by atoms with Gasteiger partial charge in [0.1, 0.15) is 11.8 Å². The number of halogens is 1. The second kappa shape index (κ2) is 7.11. The van der Waals surface area contributed by atoms with Gasteiger partial charge in [-0.2, -0.15) is 0 Å². The average molecular weight is 370 g/mol. The molecule has 1 N–H and O–H groups in total. The van der Waals surface area contributed by atoms with Crippen molar-refractivity contribution in [2.75, 3.05) is 11.4 Å². The number of methoxy groups -OCH3 is 1. The summed E-state index contributed by atoms with van der Waals surface area (Å²) in [6, 6.07) is 10.5. The predicted molar refractivity (Wildman–Crippen MR) is 91.2 cm³/mol. The molecule has 0 amide bonds. The van der Waals surface area contributed by atoms with E-state index in [1.54, 1.807) is 18.2 Å². The lowest BCUT2D eigenvalue weighted by atomic mass is 10.2. The number of hydrogen-bond acceptors (Lipinski definition) is 4. The van der Waals surface area contributed by atoms with Crippen molar-refractivity contribution >= 4 is 33.3 Å². The van der Waals surface area contributed by atoms with Gasteiger partial charge in [-0.1, -0.05) is 23.7 Å². The fourth-order valence-corrected chi connectivity index (χ4v) is 3.93. The molecule has 0 aliphatic carbocycles. The number of carboxylic acids is 1. The Bertz CT molecular complexity index is 836. The molecule has 0 fully saturated rings. The maximum atomic E-state index is 13.0. The Labute approximate surface area is 145 Å². The summed E-state index contributed by atoms with van der Waals surface area (Å²) in [5.74, 6) is -1.03. The molecule has 128 valence electrons. The Hall–Kier alpha value is -2.25. The Morgan fingerprint density at radius 1 is 1.17 bits per heavy atom. The first-order chi connectivity index (χ1) is 11.3. The first kappa shape index (κ1) is 18.1. The van der Waals surface area contributed by atoms with Crippen molar-refractivity contribution in [3.63, 3.8) is 0 Å². The highest BCUT2D eigenvalue weighted by molar-refractivity contribution is 7.93. The first-order valence-corrected chi connectivity index (χ1v) is 8.76. The van der Waals surface area contributed by atoms with Crippen LogP contribution in [-0.4, -0.2) is 32.6 Å². The molecule has 0 saturated heterocycles. The normalized spacial score (nSPS) is 12.5. The van der Waals surface area contributed by atoms with Crippen LogP contribution in [0.4, 0.5) is 5.69 Å². The van der Waals surface area contributed by atoms with Crippen molar-refractivity contribution in [3.05, 3.63) is 53.6 Å². The molecular weight excluding hydrogens is 354 g/mol. The molecular formula is C16H16ClNO5S. The zero-order valence-electron chi connectivity index (χ0n) is 13.0. The zero-order chi connectivity index (χ0) is 17.9. The van der Waals surface area contributed by atoms with E-state index in [1.807, 2.05) is 0 Å². The van der Waals surface area contributed by atoms with E-state index in [2.05, 4.69) is 0 Å². The monoisotopic (exact) mass is 369 g/mol. The molecule has 0 bridgehead atoms. The number of rotatable bonds is 6. The van der Waals surface area contributed by atoms with Crippen LogP contribution in [0, 0.1) is 0 Å². The lowest BCUT2D eigenvalue weighted by Gasteiger charge is -2.29. The summed E-state index contributed by atoms with van der Waals surface area (Å²) in [7, 11) is -2.75. The van der Waals surface area contributed by atoms with Crippen LogP contribution in [-0.2, 0) is 14.8 Å². The number of carbonyl (C=O) groups is 1. The summed E-state index contributed by atoms with van der Waals surface area (Å²) in [6.07, 6.45) is 0. The van der Waals surface area contributed by atoms with Gasteiger partial charge in [0, 0.05) is 5.02 Å². The van der Waals surface area contributed by atoms with Gasteiger partial charge in [-0.25, -0.2) is 17.5 Å². The smallest absolute Gasteiger partial charge is 0.327 e. The molecule has 6 nitrogen and oxygen atoms in total. The highest BCUT2D eigenvalue weighted by Crippen LogP contribution is 2.34. The van der Waals surface area contributed by atoms with E-state index in [-0.39, 0.29) is 16.3 Å². The van der Waals surface area contributed by atoms with Crippen molar-refractivity contribution in [1.29, 1.82) is 0 Å². The molecule has 0 aliphatic rings. The summed E-state index contributed by atoms with van der Waals surface area (Å²) in [5, 5.41) is 9.74. The van der Waals surface area contributed by atoms with Crippen molar-refractivity contribution in [2.24, 2.45) is 0 Å². The van der Waals surface area contributed by atoms with E-state index in [0.717, 1.165) is 4.31 Å².